The third-order valence-corrected chi connectivity index (χ3v) is 3.40. The van der Waals surface area contributed by atoms with Crippen LogP contribution >= 0.6 is 11.6 Å². The number of rotatable bonds is 5. The highest BCUT2D eigenvalue weighted by atomic mass is 35.5. The molecule has 2 aromatic rings. The van der Waals surface area contributed by atoms with Crippen LogP contribution in [-0.2, 0) is 6.42 Å². The van der Waals surface area contributed by atoms with Crippen molar-refractivity contribution in [2.45, 2.75) is 26.3 Å². The van der Waals surface area contributed by atoms with Gasteiger partial charge in [-0.05, 0) is 36.4 Å². The molecule has 5 heteroatoms. The van der Waals surface area contributed by atoms with Crippen LogP contribution in [0.5, 0.6) is 0 Å². The summed E-state index contributed by atoms with van der Waals surface area (Å²) in [6, 6.07) is 5.39. The maximum atomic E-state index is 13.5. The van der Waals surface area contributed by atoms with E-state index in [1.807, 2.05) is 26.0 Å². The molecular formula is C15H16ClF2NO. The minimum atomic E-state index is -0.956. The van der Waals surface area contributed by atoms with Gasteiger partial charge in [-0.3, -0.25) is 0 Å². The van der Waals surface area contributed by atoms with Gasteiger partial charge >= 0.3 is 0 Å². The Morgan fingerprint density at radius 3 is 2.50 bits per heavy atom. The molecule has 108 valence electrons. The van der Waals surface area contributed by atoms with Crippen molar-refractivity contribution in [3.8, 4) is 0 Å². The van der Waals surface area contributed by atoms with Crippen molar-refractivity contribution in [1.82, 2.24) is 5.32 Å². The SMILES string of the molecule is CCNC(c1ccc(CC)o1)c1cc(F)c(F)cc1Cl. The Balaban J connectivity index is 2.45. The number of nitrogens with one attached hydrogen (secondary N) is 1. The van der Waals surface area contributed by atoms with Crippen LogP contribution in [0.15, 0.2) is 28.7 Å². The van der Waals surface area contributed by atoms with Gasteiger partial charge < -0.3 is 9.73 Å². The van der Waals surface area contributed by atoms with E-state index in [-0.39, 0.29) is 5.02 Å². The van der Waals surface area contributed by atoms with Crippen LogP contribution in [0, 0.1) is 11.6 Å². The van der Waals surface area contributed by atoms with Crippen molar-refractivity contribution < 1.29 is 13.2 Å². The van der Waals surface area contributed by atoms with Gasteiger partial charge in [0.25, 0.3) is 0 Å². The molecule has 0 bridgehead atoms. The summed E-state index contributed by atoms with van der Waals surface area (Å²) >= 11 is 6.03. The first-order valence-corrected chi connectivity index (χ1v) is 6.91. The summed E-state index contributed by atoms with van der Waals surface area (Å²) in [5.74, 6) is -0.407. The molecule has 0 saturated heterocycles. The van der Waals surface area contributed by atoms with E-state index in [0.29, 0.717) is 17.9 Å². The fraction of sp³-hybridized carbons (Fsp3) is 0.333. The summed E-state index contributed by atoms with van der Waals surface area (Å²) in [7, 11) is 0. The van der Waals surface area contributed by atoms with E-state index in [0.717, 1.165) is 24.3 Å². The highest BCUT2D eigenvalue weighted by Gasteiger charge is 2.21. The molecule has 0 spiro atoms. The molecule has 1 aromatic carbocycles. The summed E-state index contributed by atoms with van der Waals surface area (Å²) in [6.07, 6.45) is 0.768. The predicted octanol–water partition coefficient (Wildman–Crippen LogP) is 4.47. The smallest absolute Gasteiger partial charge is 0.160 e. The highest BCUT2D eigenvalue weighted by molar-refractivity contribution is 6.31. The van der Waals surface area contributed by atoms with E-state index < -0.39 is 17.7 Å². The lowest BCUT2D eigenvalue weighted by Gasteiger charge is -2.17. The third kappa shape index (κ3) is 3.02. The van der Waals surface area contributed by atoms with E-state index in [1.165, 1.54) is 0 Å². The zero-order valence-corrected chi connectivity index (χ0v) is 12.1. The molecule has 2 nitrogen and oxygen atoms in total. The van der Waals surface area contributed by atoms with Crippen LogP contribution in [0.25, 0.3) is 0 Å². The Hall–Kier alpha value is -1.39. The first kappa shape index (κ1) is 15.0. The van der Waals surface area contributed by atoms with Crippen molar-refractivity contribution in [2.24, 2.45) is 0 Å². The minimum absolute atomic E-state index is 0.171. The molecule has 0 saturated carbocycles. The molecule has 0 radical (unpaired) electrons. The Kier molecular flexibility index (Phi) is 4.78. The molecular weight excluding hydrogens is 284 g/mol. The summed E-state index contributed by atoms with van der Waals surface area (Å²) in [5, 5.41) is 3.34. The van der Waals surface area contributed by atoms with Gasteiger partial charge in [-0.2, -0.15) is 0 Å². The maximum Gasteiger partial charge on any atom is 0.160 e. The number of halogens is 3. The van der Waals surface area contributed by atoms with Crippen LogP contribution < -0.4 is 5.32 Å². The van der Waals surface area contributed by atoms with E-state index in [4.69, 9.17) is 16.0 Å². The second-order valence-electron chi connectivity index (χ2n) is 4.44. The lowest BCUT2D eigenvalue weighted by atomic mass is 10.0. The zero-order chi connectivity index (χ0) is 14.7. The van der Waals surface area contributed by atoms with Gasteiger partial charge in [0.1, 0.15) is 11.5 Å². The van der Waals surface area contributed by atoms with Gasteiger partial charge in [0.05, 0.1) is 6.04 Å². The van der Waals surface area contributed by atoms with E-state index >= 15 is 0 Å². The van der Waals surface area contributed by atoms with Crippen LogP contribution in [0.4, 0.5) is 8.78 Å². The molecule has 0 aliphatic rings. The molecule has 0 amide bonds. The van der Waals surface area contributed by atoms with E-state index in [1.54, 1.807) is 0 Å². The van der Waals surface area contributed by atoms with Crippen molar-refractivity contribution in [1.29, 1.82) is 0 Å². The highest BCUT2D eigenvalue weighted by Crippen LogP contribution is 2.31. The van der Waals surface area contributed by atoms with Crippen LogP contribution in [0.3, 0.4) is 0 Å². The second kappa shape index (κ2) is 6.37. The van der Waals surface area contributed by atoms with Crippen LogP contribution in [-0.4, -0.2) is 6.54 Å². The minimum Gasteiger partial charge on any atom is -0.464 e. The quantitative estimate of drug-likeness (QED) is 0.824. The molecule has 1 heterocycles. The molecule has 1 atom stereocenters. The van der Waals surface area contributed by atoms with Gasteiger partial charge in [0.2, 0.25) is 0 Å². The van der Waals surface area contributed by atoms with Gasteiger partial charge in [-0.15, -0.1) is 0 Å². The first-order valence-electron chi connectivity index (χ1n) is 6.53. The van der Waals surface area contributed by atoms with Crippen molar-refractivity contribution in [2.75, 3.05) is 6.54 Å². The average molecular weight is 300 g/mol. The molecule has 1 unspecified atom stereocenters. The van der Waals surface area contributed by atoms with E-state index in [2.05, 4.69) is 5.32 Å². The standard InChI is InChI=1S/C15H16ClF2NO/c1-3-9-5-6-14(20-9)15(19-4-2)10-7-12(17)13(18)8-11(10)16/h5-8,15,19H,3-4H2,1-2H3. The van der Waals surface area contributed by atoms with Gasteiger partial charge in [0, 0.05) is 11.4 Å². The van der Waals surface area contributed by atoms with Crippen molar-refractivity contribution >= 4 is 11.6 Å². The van der Waals surface area contributed by atoms with Crippen molar-refractivity contribution in [3.63, 3.8) is 0 Å². The predicted molar refractivity (Wildman–Crippen MR) is 75.0 cm³/mol. The molecule has 1 aromatic heterocycles. The number of benzene rings is 1. The molecule has 0 aliphatic carbocycles. The molecule has 0 aliphatic heterocycles. The normalized spacial score (nSPS) is 12.7. The number of hydrogen-bond donors (Lipinski definition) is 1. The van der Waals surface area contributed by atoms with Gasteiger partial charge in [0.15, 0.2) is 11.6 Å². The van der Waals surface area contributed by atoms with Crippen molar-refractivity contribution in [3.05, 3.63) is 58.0 Å². The largest absolute Gasteiger partial charge is 0.464 e. The number of hydrogen-bond acceptors (Lipinski definition) is 2. The fourth-order valence-corrected chi connectivity index (χ4v) is 2.33. The molecule has 20 heavy (non-hydrogen) atoms. The van der Waals surface area contributed by atoms with Gasteiger partial charge in [-0.1, -0.05) is 25.4 Å². The van der Waals surface area contributed by atoms with Crippen LogP contribution in [0.1, 0.15) is 37.0 Å². The third-order valence-electron chi connectivity index (χ3n) is 3.07. The first-order chi connectivity index (χ1) is 9.56. The summed E-state index contributed by atoms with van der Waals surface area (Å²) in [4.78, 5) is 0. The summed E-state index contributed by atoms with van der Waals surface area (Å²) in [6.45, 7) is 4.54. The molecule has 2 rings (SSSR count). The van der Waals surface area contributed by atoms with Gasteiger partial charge in [-0.25, -0.2) is 8.78 Å². The average Bonchev–Trinajstić information content (AvgIpc) is 2.89. The zero-order valence-electron chi connectivity index (χ0n) is 11.3. The Morgan fingerprint density at radius 2 is 1.90 bits per heavy atom. The Morgan fingerprint density at radius 1 is 1.20 bits per heavy atom. The lowest BCUT2D eigenvalue weighted by molar-refractivity contribution is 0.423. The summed E-state index contributed by atoms with van der Waals surface area (Å²) in [5.41, 5.74) is 0.462. The second-order valence-corrected chi connectivity index (χ2v) is 4.84. The topological polar surface area (TPSA) is 25.2 Å². The lowest BCUT2D eigenvalue weighted by Crippen LogP contribution is -2.22. The number of aryl methyl sites for hydroxylation is 1. The van der Waals surface area contributed by atoms with E-state index in [9.17, 15) is 8.78 Å². The Bertz CT molecular complexity index is 598. The number of furan rings is 1. The Labute approximate surface area is 121 Å². The molecule has 0 fully saturated rings. The maximum absolute atomic E-state index is 13.5. The monoisotopic (exact) mass is 299 g/mol. The fourth-order valence-electron chi connectivity index (χ4n) is 2.07. The summed E-state index contributed by atoms with van der Waals surface area (Å²) < 4.78 is 32.3. The van der Waals surface area contributed by atoms with Crippen LogP contribution in [0.2, 0.25) is 5.02 Å². The molecule has 1 N–H and O–H groups in total.